The number of nitrogens with zero attached hydrogens (tertiary/aromatic N) is 1. The fourth-order valence-electron chi connectivity index (χ4n) is 3.02. The van der Waals surface area contributed by atoms with Crippen LogP contribution >= 0.6 is 12.4 Å². The maximum atomic E-state index is 12.0. The molecule has 3 nitrogen and oxygen atoms in total. The Balaban J connectivity index is 0.00000144. The zero-order chi connectivity index (χ0) is 11.4. The summed E-state index contributed by atoms with van der Waals surface area (Å²) < 4.78 is 0. The van der Waals surface area contributed by atoms with Gasteiger partial charge >= 0.3 is 0 Å². The van der Waals surface area contributed by atoms with E-state index >= 15 is 0 Å². The van der Waals surface area contributed by atoms with Crippen molar-refractivity contribution in [3.8, 4) is 0 Å². The van der Waals surface area contributed by atoms with Crippen molar-refractivity contribution in [3.63, 3.8) is 0 Å². The highest BCUT2D eigenvalue weighted by Gasteiger charge is 2.22. The predicted octanol–water partition coefficient (Wildman–Crippen LogP) is 2.33. The molecule has 2 rings (SSSR count). The molecule has 0 radical (unpaired) electrons. The van der Waals surface area contributed by atoms with Gasteiger partial charge in [0, 0.05) is 25.6 Å². The van der Waals surface area contributed by atoms with Gasteiger partial charge in [-0.1, -0.05) is 25.7 Å². The van der Waals surface area contributed by atoms with E-state index < -0.39 is 0 Å². The molecule has 0 aromatic carbocycles. The SMILES string of the molecule is Cl.N[C@@H]1CCCN(C(=O)CCC2CCCC2)C1. The van der Waals surface area contributed by atoms with Crippen LogP contribution in [-0.2, 0) is 4.79 Å². The molecule has 0 aromatic heterocycles. The molecule has 1 aliphatic carbocycles. The second-order valence-corrected chi connectivity index (χ2v) is 5.43. The quantitative estimate of drug-likeness (QED) is 0.847. The Morgan fingerprint density at radius 2 is 1.88 bits per heavy atom. The first-order chi connectivity index (χ1) is 7.75. The van der Waals surface area contributed by atoms with E-state index in [9.17, 15) is 4.79 Å². The molecule has 1 aliphatic heterocycles. The first-order valence-electron chi connectivity index (χ1n) is 6.79. The molecular weight excluding hydrogens is 236 g/mol. The van der Waals surface area contributed by atoms with Gasteiger partial charge in [-0.3, -0.25) is 4.79 Å². The van der Waals surface area contributed by atoms with Gasteiger partial charge in [0.1, 0.15) is 0 Å². The molecule has 1 saturated carbocycles. The fourth-order valence-corrected chi connectivity index (χ4v) is 3.02. The molecule has 1 heterocycles. The van der Waals surface area contributed by atoms with Crippen LogP contribution in [0.1, 0.15) is 51.4 Å². The lowest BCUT2D eigenvalue weighted by molar-refractivity contribution is -0.132. The van der Waals surface area contributed by atoms with Crippen LogP contribution in [0.15, 0.2) is 0 Å². The molecule has 2 aliphatic rings. The molecule has 0 unspecified atom stereocenters. The Morgan fingerprint density at radius 3 is 2.53 bits per heavy atom. The summed E-state index contributed by atoms with van der Waals surface area (Å²) in [5.74, 6) is 1.16. The van der Waals surface area contributed by atoms with E-state index in [1.54, 1.807) is 0 Å². The Morgan fingerprint density at radius 1 is 1.18 bits per heavy atom. The van der Waals surface area contributed by atoms with Gasteiger partial charge in [-0.2, -0.15) is 0 Å². The molecule has 2 N–H and O–H groups in total. The van der Waals surface area contributed by atoms with Crippen molar-refractivity contribution in [1.29, 1.82) is 0 Å². The fraction of sp³-hybridized carbons (Fsp3) is 0.923. The summed E-state index contributed by atoms with van der Waals surface area (Å²) in [4.78, 5) is 13.9. The number of piperidine rings is 1. The Kier molecular flexibility index (Phi) is 6.28. The third kappa shape index (κ3) is 4.47. The van der Waals surface area contributed by atoms with Crippen molar-refractivity contribution in [3.05, 3.63) is 0 Å². The molecule has 1 saturated heterocycles. The summed E-state index contributed by atoms with van der Waals surface area (Å²) in [6.45, 7) is 1.71. The van der Waals surface area contributed by atoms with Crippen molar-refractivity contribution < 1.29 is 4.79 Å². The number of nitrogens with two attached hydrogens (primary N) is 1. The monoisotopic (exact) mass is 260 g/mol. The summed E-state index contributed by atoms with van der Waals surface area (Å²) in [6, 6.07) is 0.212. The van der Waals surface area contributed by atoms with Crippen LogP contribution < -0.4 is 5.73 Å². The van der Waals surface area contributed by atoms with E-state index in [-0.39, 0.29) is 18.4 Å². The molecule has 0 bridgehead atoms. The second kappa shape index (κ2) is 7.22. The first-order valence-corrected chi connectivity index (χ1v) is 6.79. The average Bonchev–Trinajstić information content (AvgIpc) is 2.78. The topological polar surface area (TPSA) is 46.3 Å². The molecular formula is C13H25ClN2O. The van der Waals surface area contributed by atoms with Crippen molar-refractivity contribution >= 4 is 18.3 Å². The van der Waals surface area contributed by atoms with Crippen LogP contribution in [-0.4, -0.2) is 29.9 Å². The highest BCUT2D eigenvalue weighted by atomic mass is 35.5. The van der Waals surface area contributed by atoms with Gasteiger partial charge in [0.15, 0.2) is 0 Å². The maximum absolute atomic E-state index is 12.0. The first kappa shape index (κ1) is 14.8. The number of halogens is 1. The summed E-state index contributed by atoms with van der Waals surface area (Å²) in [5.41, 5.74) is 5.89. The molecule has 0 aromatic rings. The molecule has 1 amide bonds. The maximum Gasteiger partial charge on any atom is 0.222 e. The molecule has 17 heavy (non-hydrogen) atoms. The number of likely N-dealkylation sites (tertiary alicyclic amines) is 1. The van der Waals surface area contributed by atoms with E-state index in [1.165, 1.54) is 25.7 Å². The zero-order valence-corrected chi connectivity index (χ0v) is 11.4. The van der Waals surface area contributed by atoms with E-state index in [1.807, 2.05) is 4.90 Å². The lowest BCUT2D eigenvalue weighted by Gasteiger charge is -2.31. The van der Waals surface area contributed by atoms with Gasteiger partial charge in [0.25, 0.3) is 0 Å². The lowest BCUT2D eigenvalue weighted by atomic mass is 10.0. The number of amides is 1. The smallest absolute Gasteiger partial charge is 0.222 e. The van der Waals surface area contributed by atoms with Gasteiger partial charge in [-0.15, -0.1) is 12.4 Å². The summed E-state index contributed by atoms with van der Waals surface area (Å²) in [7, 11) is 0. The van der Waals surface area contributed by atoms with Crippen LogP contribution in [0.3, 0.4) is 0 Å². The Hall–Kier alpha value is -0.280. The van der Waals surface area contributed by atoms with Crippen LogP contribution in [0.25, 0.3) is 0 Å². The molecule has 100 valence electrons. The van der Waals surface area contributed by atoms with Crippen LogP contribution in [0.2, 0.25) is 0 Å². The van der Waals surface area contributed by atoms with E-state index in [0.29, 0.717) is 5.91 Å². The minimum absolute atomic E-state index is 0. The summed E-state index contributed by atoms with van der Waals surface area (Å²) >= 11 is 0. The zero-order valence-electron chi connectivity index (χ0n) is 10.6. The third-order valence-electron chi connectivity index (χ3n) is 4.05. The highest BCUT2D eigenvalue weighted by molar-refractivity contribution is 5.85. The summed E-state index contributed by atoms with van der Waals surface area (Å²) in [6.07, 6.45) is 9.42. The van der Waals surface area contributed by atoms with Crippen molar-refractivity contribution in [1.82, 2.24) is 4.90 Å². The number of rotatable bonds is 3. The normalized spacial score (nSPS) is 25.7. The Labute approximate surface area is 111 Å². The van der Waals surface area contributed by atoms with Crippen molar-refractivity contribution in [2.24, 2.45) is 11.7 Å². The molecule has 0 spiro atoms. The standard InChI is InChI=1S/C13H24N2O.ClH/c14-12-6-3-9-15(10-12)13(16)8-7-11-4-1-2-5-11;/h11-12H,1-10,14H2;1H/t12-;/m1./s1. The van der Waals surface area contributed by atoms with E-state index in [4.69, 9.17) is 5.73 Å². The predicted molar refractivity (Wildman–Crippen MR) is 72.2 cm³/mol. The van der Waals surface area contributed by atoms with Crippen LogP contribution in [0.5, 0.6) is 0 Å². The summed E-state index contributed by atoms with van der Waals surface area (Å²) in [5, 5.41) is 0. The molecule has 2 fully saturated rings. The van der Waals surface area contributed by atoms with Gasteiger partial charge in [0.2, 0.25) is 5.91 Å². The molecule has 1 atom stereocenters. The second-order valence-electron chi connectivity index (χ2n) is 5.43. The minimum Gasteiger partial charge on any atom is -0.341 e. The van der Waals surface area contributed by atoms with Crippen molar-refractivity contribution in [2.45, 2.75) is 57.4 Å². The van der Waals surface area contributed by atoms with E-state index in [0.717, 1.165) is 44.7 Å². The van der Waals surface area contributed by atoms with Gasteiger partial charge in [-0.05, 0) is 25.2 Å². The number of carbonyl (C=O) groups excluding carboxylic acids is 1. The van der Waals surface area contributed by atoms with E-state index in [2.05, 4.69) is 0 Å². The van der Waals surface area contributed by atoms with Gasteiger partial charge in [-0.25, -0.2) is 0 Å². The number of hydrogen-bond donors (Lipinski definition) is 1. The number of carbonyl (C=O) groups is 1. The van der Waals surface area contributed by atoms with Crippen molar-refractivity contribution in [2.75, 3.05) is 13.1 Å². The average molecular weight is 261 g/mol. The van der Waals surface area contributed by atoms with Crippen LogP contribution in [0.4, 0.5) is 0 Å². The minimum atomic E-state index is 0. The highest BCUT2D eigenvalue weighted by Crippen LogP contribution is 2.28. The number of hydrogen-bond acceptors (Lipinski definition) is 2. The van der Waals surface area contributed by atoms with Gasteiger partial charge < -0.3 is 10.6 Å². The Bertz CT molecular complexity index is 242. The molecule has 4 heteroatoms. The van der Waals surface area contributed by atoms with Gasteiger partial charge in [0.05, 0.1) is 0 Å². The third-order valence-corrected chi connectivity index (χ3v) is 4.05. The lowest BCUT2D eigenvalue weighted by Crippen LogP contribution is -2.45. The van der Waals surface area contributed by atoms with Crippen LogP contribution in [0, 0.1) is 5.92 Å². The largest absolute Gasteiger partial charge is 0.341 e.